The summed E-state index contributed by atoms with van der Waals surface area (Å²) in [5, 5.41) is 2.74. The fraction of sp³-hybridized carbons (Fsp3) is 0.174. The number of amides is 1. The summed E-state index contributed by atoms with van der Waals surface area (Å²) in [5.41, 5.74) is 2.63. The van der Waals surface area contributed by atoms with Gasteiger partial charge in [0, 0.05) is 11.8 Å². The van der Waals surface area contributed by atoms with Gasteiger partial charge in [0.2, 0.25) is 12.7 Å². The first kappa shape index (κ1) is 20.7. The number of para-hydroxylation sites is 1. The number of hydrogen-bond acceptors (Lipinski definition) is 5. The highest BCUT2D eigenvalue weighted by atomic mass is 32.2. The van der Waals surface area contributed by atoms with E-state index in [9.17, 15) is 13.2 Å². The smallest absolute Gasteiger partial charge is 0.264 e. The van der Waals surface area contributed by atoms with Crippen molar-refractivity contribution in [3.05, 3.63) is 77.9 Å². The maximum atomic E-state index is 13.4. The molecule has 0 radical (unpaired) electrons. The first-order valence-corrected chi connectivity index (χ1v) is 11.1. The van der Waals surface area contributed by atoms with Gasteiger partial charge in [-0.15, -0.1) is 0 Å². The molecule has 0 aromatic heterocycles. The summed E-state index contributed by atoms with van der Waals surface area (Å²) in [4.78, 5) is 13.0. The van der Waals surface area contributed by atoms with Crippen molar-refractivity contribution in [1.29, 1.82) is 0 Å². The van der Waals surface area contributed by atoms with Crippen molar-refractivity contribution in [3.63, 3.8) is 0 Å². The molecular weight excluding hydrogens is 416 g/mol. The molecule has 0 fully saturated rings. The maximum absolute atomic E-state index is 13.4. The monoisotopic (exact) mass is 438 g/mol. The SMILES string of the molecule is Cc1ccc(S(=O)(=O)N(CC(=O)Nc2ccc3c(c2)OCO3)c2ccccc2C)cc1. The standard InChI is InChI=1S/C23H22N2O5S/c1-16-7-10-19(11-8-16)31(27,28)25(20-6-4-3-5-17(20)2)14-23(26)24-18-9-12-21-22(13-18)30-15-29-21/h3-13H,14-15H2,1-2H3,(H,24,26). The van der Waals surface area contributed by atoms with Crippen molar-refractivity contribution >= 4 is 27.3 Å². The molecule has 3 aromatic carbocycles. The van der Waals surface area contributed by atoms with E-state index >= 15 is 0 Å². The molecule has 7 nitrogen and oxygen atoms in total. The van der Waals surface area contributed by atoms with Crippen LogP contribution >= 0.6 is 0 Å². The van der Waals surface area contributed by atoms with Crippen LogP contribution in [0.15, 0.2) is 71.6 Å². The number of benzene rings is 3. The summed E-state index contributed by atoms with van der Waals surface area (Å²) in [6.07, 6.45) is 0. The fourth-order valence-electron chi connectivity index (χ4n) is 3.29. The molecule has 31 heavy (non-hydrogen) atoms. The Morgan fingerprint density at radius 3 is 2.42 bits per heavy atom. The second kappa shape index (κ2) is 8.31. The molecule has 1 aliphatic rings. The number of nitrogens with one attached hydrogen (secondary N) is 1. The average Bonchev–Trinajstić information content (AvgIpc) is 3.21. The topological polar surface area (TPSA) is 84.9 Å². The first-order valence-electron chi connectivity index (χ1n) is 9.69. The van der Waals surface area contributed by atoms with Crippen LogP contribution in [0.25, 0.3) is 0 Å². The van der Waals surface area contributed by atoms with Gasteiger partial charge < -0.3 is 14.8 Å². The predicted molar refractivity (Wildman–Crippen MR) is 118 cm³/mol. The van der Waals surface area contributed by atoms with Crippen LogP contribution in [0, 0.1) is 13.8 Å². The van der Waals surface area contributed by atoms with Gasteiger partial charge in [0.1, 0.15) is 6.54 Å². The Hall–Kier alpha value is -3.52. The van der Waals surface area contributed by atoms with Crippen LogP contribution in [0.1, 0.15) is 11.1 Å². The van der Waals surface area contributed by atoms with Crippen LogP contribution in [-0.4, -0.2) is 27.7 Å². The number of nitrogens with zero attached hydrogens (tertiary/aromatic N) is 1. The van der Waals surface area contributed by atoms with Gasteiger partial charge in [-0.2, -0.15) is 0 Å². The number of fused-ring (bicyclic) bond motifs is 1. The number of carbonyl (C=O) groups is 1. The Kier molecular flexibility index (Phi) is 5.56. The van der Waals surface area contributed by atoms with Crippen molar-refractivity contribution in [1.82, 2.24) is 0 Å². The lowest BCUT2D eigenvalue weighted by atomic mass is 10.2. The highest BCUT2D eigenvalue weighted by Gasteiger charge is 2.28. The zero-order chi connectivity index (χ0) is 22.0. The molecule has 4 rings (SSSR count). The zero-order valence-corrected chi connectivity index (χ0v) is 18.0. The third-order valence-corrected chi connectivity index (χ3v) is 6.71. The Balaban J connectivity index is 1.64. The maximum Gasteiger partial charge on any atom is 0.264 e. The summed E-state index contributed by atoms with van der Waals surface area (Å²) < 4.78 is 38.6. The number of carbonyl (C=O) groups excluding carboxylic acids is 1. The number of anilines is 2. The summed E-state index contributed by atoms with van der Waals surface area (Å²) in [7, 11) is -3.96. The minimum atomic E-state index is -3.96. The molecule has 1 N–H and O–H groups in total. The van der Waals surface area contributed by atoms with Crippen LogP contribution in [0.3, 0.4) is 0 Å². The van der Waals surface area contributed by atoms with E-state index in [1.165, 1.54) is 0 Å². The van der Waals surface area contributed by atoms with Gasteiger partial charge in [0.25, 0.3) is 10.0 Å². The van der Waals surface area contributed by atoms with Crippen molar-refractivity contribution in [3.8, 4) is 11.5 Å². The molecule has 0 unspecified atom stereocenters. The van der Waals surface area contributed by atoms with Gasteiger partial charge in [-0.1, -0.05) is 35.9 Å². The lowest BCUT2D eigenvalue weighted by Crippen LogP contribution is -2.38. The molecule has 1 amide bonds. The van der Waals surface area contributed by atoms with Crippen LogP contribution in [0.5, 0.6) is 11.5 Å². The minimum Gasteiger partial charge on any atom is -0.454 e. The molecule has 0 saturated carbocycles. The molecule has 8 heteroatoms. The van der Waals surface area contributed by atoms with E-state index in [1.807, 2.05) is 26.0 Å². The molecule has 1 heterocycles. The molecule has 0 spiro atoms. The summed E-state index contributed by atoms with van der Waals surface area (Å²) in [5.74, 6) is 0.653. The number of ether oxygens (including phenoxy) is 2. The van der Waals surface area contributed by atoms with Gasteiger partial charge >= 0.3 is 0 Å². The molecule has 0 bridgehead atoms. The summed E-state index contributed by atoms with van der Waals surface area (Å²) >= 11 is 0. The normalized spacial score (nSPS) is 12.5. The summed E-state index contributed by atoms with van der Waals surface area (Å²) in [6.45, 7) is 3.44. The second-order valence-corrected chi connectivity index (χ2v) is 9.09. The van der Waals surface area contributed by atoms with Crippen LogP contribution in [0.4, 0.5) is 11.4 Å². The van der Waals surface area contributed by atoms with Gasteiger partial charge in [-0.25, -0.2) is 8.42 Å². The molecule has 1 aliphatic heterocycles. The minimum absolute atomic E-state index is 0.122. The third-order valence-electron chi connectivity index (χ3n) is 4.94. The molecule has 3 aromatic rings. The van der Waals surface area contributed by atoms with E-state index in [1.54, 1.807) is 54.6 Å². The second-order valence-electron chi connectivity index (χ2n) is 7.23. The van der Waals surface area contributed by atoms with Crippen molar-refractivity contribution in [2.24, 2.45) is 0 Å². The van der Waals surface area contributed by atoms with E-state index in [2.05, 4.69) is 5.32 Å². The van der Waals surface area contributed by atoms with Crippen molar-refractivity contribution < 1.29 is 22.7 Å². The summed E-state index contributed by atoms with van der Waals surface area (Å²) in [6, 6.07) is 18.6. The molecular formula is C23H22N2O5S. The third kappa shape index (κ3) is 4.34. The molecule has 0 aliphatic carbocycles. The number of aryl methyl sites for hydroxylation is 2. The van der Waals surface area contributed by atoms with E-state index in [4.69, 9.17) is 9.47 Å². The first-order chi connectivity index (χ1) is 14.8. The van der Waals surface area contributed by atoms with Crippen molar-refractivity contribution in [2.75, 3.05) is 23.0 Å². The highest BCUT2D eigenvalue weighted by Crippen LogP contribution is 2.34. The van der Waals surface area contributed by atoms with Gasteiger partial charge in [0.05, 0.1) is 10.6 Å². The van der Waals surface area contributed by atoms with Gasteiger partial charge in [-0.05, 0) is 49.7 Å². The quantitative estimate of drug-likeness (QED) is 0.632. The number of hydrogen-bond donors (Lipinski definition) is 1. The van der Waals surface area contributed by atoms with E-state index in [-0.39, 0.29) is 18.2 Å². The van der Waals surface area contributed by atoms with E-state index in [0.29, 0.717) is 22.9 Å². The molecule has 0 atom stereocenters. The Bertz CT molecular complexity index is 1220. The molecule has 0 saturated heterocycles. The fourth-order valence-corrected chi connectivity index (χ4v) is 4.77. The number of rotatable bonds is 6. The van der Waals surface area contributed by atoms with Crippen LogP contribution in [-0.2, 0) is 14.8 Å². The van der Waals surface area contributed by atoms with Gasteiger partial charge in [0.15, 0.2) is 11.5 Å². The average molecular weight is 439 g/mol. The van der Waals surface area contributed by atoms with Crippen LogP contribution in [0.2, 0.25) is 0 Å². The Labute approximate surface area is 181 Å². The van der Waals surface area contributed by atoms with Crippen molar-refractivity contribution in [2.45, 2.75) is 18.7 Å². The highest BCUT2D eigenvalue weighted by molar-refractivity contribution is 7.92. The predicted octanol–water partition coefficient (Wildman–Crippen LogP) is 3.87. The largest absolute Gasteiger partial charge is 0.454 e. The van der Waals surface area contributed by atoms with Crippen LogP contribution < -0.4 is 19.1 Å². The lowest BCUT2D eigenvalue weighted by Gasteiger charge is -2.25. The molecule has 160 valence electrons. The number of sulfonamides is 1. The van der Waals surface area contributed by atoms with Gasteiger partial charge in [-0.3, -0.25) is 9.10 Å². The lowest BCUT2D eigenvalue weighted by molar-refractivity contribution is -0.114. The Morgan fingerprint density at radius 1 is 0.968 bits per heavy atom. The van der Waals surface area contributed by atoms with E-state index < -0.39 is 15.9 Å². The Morgan fingerprint density at radius 2 is 1.68 bits per heavy atom. The zero-order valence-electron chi connectivity index (χ0n) is 17.2. The van der Waals surface area contributed by atoms with E-state index in [0.717, 1.165) is 15.4 Å².